The Kier molecular flexibility index (Phi) is 5.95. The van der Waals surface area contributed by atoms with Crippen molar-refractivity contribution in [1.29, 1.82) is 0 Å². The van der Waals surface area contributed by atoms with Gasteiger partial charge in [-0.2, -0.15) is 0 Å². The molecule has 1 saturated carbocycles. The lowest BCUT2D eigenvalue weighted by Crippen LogP contribution is -2.49. The van der Waals surface area contributed by atoms with E-state index in [-0.39, 0.29) is 17.7 Å². The van der Waals surface area contributed by atoms with Gasteiger partial charge in [0.1, 0.15) is 5.75 Å². The highest BCUT2D eigenvalue weighted by molar-refractivity contribution is 5.84. The third-order valence-electron chi connectivity index (χ3n) is 5.45. The number of rotatable bonds is 6. The second kappa shape index (κ2) is 8.37. The van der Waals surface area contributed by atoms with Gasteiger partial charge in [0.2, 0.25) is 11.8 Å². The van der Waals surface area contributed by atoms with E-state index < -0.39 is 0 Å². The van der Waals surface area contributed by atoms with Gasteiger partial charge < -0.3 is 15.0 Å². The number of carbonyl (C=O) groups is 2. The van der Waals surface area contributed by atoms with Crippen LogP contribution >= 0.6 is 0 Å². The van der Waals surface area contributed by atoms with Crippen molar-refractivity contribution in [1.82, 2.24) is 10.2 Å². The van der Waals surface area contributed by atoms with E-state index in [4.69, 9.17) is 4.74 Å². The van der Waals surface area contributed by atoms with E-state index in [2.05, 4.69) is 5.32 Å². The van der Waals surface area contributed by atoms with Crippen LogP contribution in [0.4, 0.5) is 0 Å². The topological polar surface area (TPSA) is 58.6 Å². The molecule has 1 atom stereocenters. The highest BCUT2D eigenvalue weighted by Gasteiger charge is 2.34. The van der Waals surface area contributed by atoms with Crippen LogP contribution < -0.4 is 10.1 Å². The summed E-state index contributed by atoms with van der Waals surface area (Å²) in [6.07, 6.45) is 6.58. The van der Waals surface area contributed by atoms with E-state index in [1.54, 1.807) is 7.11 Å². The lowest BCUT2D eigenvalue weighted by molar-refractivity contribution is -0.140. The second-order valence-corrected chi connectivity index (χ2v) is 7.11. The Morgan fingerprint density at radius 2 is 1.92 bits per heavy atom. The summed E-state index contributed by atoms with van der Waals surface area (Å²) < 4.78 is 5.15. The van der Waals surface area contributed by atoms with Crippen molar-refractivity contribution in [2.24, 2.45) is 5.92 Å². The Bertz CT molecular complexity index is 593. The number of hydrogen-bond donors (Lipinski definition) is 1. The molecule has 1 aromatic carbocycles. The molecule has 1 aliphatic heterocycles. The Hall–Kier alpha value is -2.04. The van der Waals surface area contributed by atoms with E-state index >= 15 is 0 Å². The molecule has 3 rings (SSSR count). The third-order valence-corrected chi connectivity index (χ3v) is 5.45. The van der Waals surface area contributed by atoms with Crippen LogP contribution in [0.3, 0.4) is 0 Å². The molecule has 2 aliphatic rings. The SMILES string of the molecule is COc1ccc(CCNC(=O)[C@@H]2CCC(=O)N(C3CCCC3)C2)cc1. The van der Waals surface area contributed by atoms with Crippen LogP contribution in [0.1, 0.15) is 44.1 Å². The molecule has 2 fully saturated rings. The quantitative estimate of drug-likeness (QED) is 0.863. The predicted molar refractivity (Wildman–Crippen MR) is 96.4 cm³/mol. The minimum absolute atomic E-state index is 0.0610. The molecule has 0 spiro atoms. The average molecular weight is 344 g/mol. The maximum Gasteiger partial charge on any atom is 0.224 e. The first-order chi connectivity index (χ1) is 12.2. The van der Waals surface area contributed by atoms with Crippen molar-refractivity contribution in [2.45, 2.75) is 51.0 Å². The molecule has 0 aromatic heterocycles. The molecule has 2 amide bonds. The summed E-state index contributed by atoms with van der Waals surface area (Å²) >= 11 is 0. The summed E-state index contributed by atoms with van der Waals surface area (Å²) in [5, 5.41) is 3.05. The fourth-order valence-electron chi connectivity index (χ4n) is 3.92. The van der Waals surface area contributed by atoms with Gasteiger partial charge >= 0.3 is 0 Å². The molecule has 1 heterocycles. The zero-order chi connectivity index (χ0) is 17.6. The maximum absolute atomic E-state index is 12.5. The van der Waals surface area contributed by atoms with E-state index in [0.29, 0.717) is 32.0 Å². The minimum atomic E-state index is -0.0610. The van der Waals surface area contributed by atoms with E-state index in [1.807, 2.05) is 29.2 Å². The summed E-state index contributed by atoms with van der Waals surface area (Å²) in [5.41, 5.74) is 1.17. The van der Waals surface area contributed by atoms with E-state index in [0.717, 1.165) is 25.0 Å². The summed E-state index contributed by atoms with van der Waals surface area (Å²) in [4.78, 5) is 26.6. The third kappa shape index (κ3) is 4.53. The lowest BCUT2D eigenvalue weighted by Gasteiger charge is -2.36. The highest BCUT2D eigenvalue weighted by Crippen LogP contribution is 2.28. The summed E-state index contributed by atoms with van der Waals surface area (Å²) in [6.45, 7) is 1.22. The van der Waals surface area contributed by atoms with Gasteiger partial charge in [-0.05, 0) is 43.4 Å². The van der Waals surface area contributed by atoms with E-state index in [9.17, 15) is 9.59 Å². The van der Waals surface area contributed by atoms with Crippen LogP contribution in [0, 0.1) is 5.92 Å². The fourth-order valence-corrected chi connectivity index (χ4v) is 3.92. The standard InChI is InChI=1S/C20H28N2O3/c1-25-18-9-6-15(7-10-18)12-13-21-20(24)16-8-11-19(23)22(14-16)17-4-2-3-5-17/h6-7,9-10,16-17H,2-5,8,11-14H2,1H3,(H,21,24)/t16-/m1/s1. The fraction of sp³-hybridized carbons (Fsp3) is 0.600. The first kappa shape index (κ1) is 17.8. The van der Waals surface area contributed by atoms with E-state index in [1.165, 1.54) is 18.4 Å². The van der Waals surface area contributed by atoms with Crippen LogP contribution in [0.25, 0.3) is 0 Å². The Labute approximate surface area is 149 Å². The van der Waals surface area contributed by atoms with Crippen molar-refractivity contribution in [2.75, 3.05) is 20.2 Å². The number of hydrogen-bond acceptors (Lipinski definition) is 3. The van der Waals surface area contributed by atoms with Crippen LogP contribution in [0.5, 0.6) is 5.75 Å². The summed E-state index contributed by atoms with van der Waals surface area (Å²) in [5.74, 6) is 1.10. The van der Waals surface area contributed by atoms with Gasteiger partial charge in [-0.25, -0.2) is 0 Å². The van der Waals surface area contributed by atoms with Crippen molar-refractivity contribution >= 4 is 11.8 Å². The number of piperidine rings is 1. The summed E-state index contributed by atoms with van der Waals surface area (Å²) in [7, 11) is 1.65. The molecule has 25 heavy (non-hydrogen) atoms. The van der Waals surface area contributed by atoms with Crippen molar-refractivity contribution < 1.29 is 14.3 Å². The number of benzene rings is 1. The molecule has 1 N–H and O–H groups in total. The van der Waals surface area contributed by atoms with Crippen molar-refractivity contribution in [3.8, 4) is 5.75 Å². The number of methoxy groups -OCH3 is 1. The predicted octanol–water partition coefficient (Wildman–Crippen LogP) is 2.54. The van der Waals surface area contributed by atoms with Crippen molar-refractivity contribution in [3.63, 3.8) is 0 Å². The molecule has 5 nitrogen and oxygen atoms in total. The van der Waals surface area contributed by atoms with Crippen LogP contribution in [-0.4, -0.2) is 43.0 Å². The molecule has 5 heteroatoms. The van der Waals surface area contributed by atoms with Gasteiger partial charge in [0.15, 0.2) is 0 Å². The van der Waals surface area contributed by atoms with Crippen molar-refractivity contribution in [3.05, 3.63) is 29.8 Å². The molecule has 1 aromatic rings. The number of ether oxygens (including phenoxy) is 1. The number of amides is 2. The Balaban J connectivity index is 1.46. The van der Waals surface area contributed by atoms with Crippen LogP contribution in [0.15, 0.2) is 24.3 Å². The van der Waals surface area contributed by atoms with Gasteiger partial charge in [-0.15, -0.1) is 0 Å². The highest BCUT2D eigenvalue weighted by atomic mass is 16.5. The smallest absolute Gasteiger partial charge is 0.224 e. The van der Waals surface area contributed by atoms with Gasteiger partial charge in [0.25, 0.3) is 0 Å². The number of likely N-dealkylation sites (tertiary alicyclic amines) is 1. The molecular weight excluding hydrogens is 316 g/mol. The van der Waals surface area contributed by atoms with Crippen LogP contribution in [0.2, 0.25) is 0 Å². The molecular formula is C20H28N2O3. The zero-order valence-corrected chi connectivity index (χ0v) is 15.0. The zero-order valence-electron chi connectivity index (χ0n) is 15.0. The molecule has 0 radical (unpaired) electrons. The monoisotopic (exact) mass is 344 g/mol. The second-order valence-electron chi connectivity index (χ2n) is 7.11. The Morgan fingerprint density at radius 3 is 2.60 bits per heavy atom. The number of nitrogens with one attached hydrogen (secondary N) is 1. The molecule has 0 unspecified atom stereocenters. The molecule has 1 aliphatic carbocycles. The van der Waals surface area contributed by atoms with Gasteiger partial charge in [-0.3, -0.25) is 9.59 Å². The normalized spacial score (nSPS) is 21.4. The summed E-state index contributed by atoms with van der Waals surface area (Å²) in [6, 6.07) is 8.27. The first-order valence-corrected chi connectivity index (χ1v) is 9.37. The molecule has 0 bridgehead atoms. The average Bonchev–Trinajstić information content (AvgIpc) is 3.17. The Morgan fingerprint density at radius 1 is 1.20 bits per heavy atom. The molecule has 1 saturated heterocycles. The number of nitrogens with zero attached hydrogens (tertiary/aromatic N) is 1. The largest absolute Gasteiger partial charge is 0.497 e. The van der Waals surface area contributed by atoms with Gasteiger partial charge in [0, 0.05) is 25.6 Å². The number of carbonyl (C=O) groups excluding carboxylic acids is 2. The van der Waals surface area contributed by atoms with Crippen LogP contribution in [-0.2, 0) is 16.0 Å². The molecule has 136 valence electrons. The lowest BCUT2D eigenvalue weighted by atomic mass is 9.95. The van der Waals surface area contributed by atoms with Gasteiger partial charge in [0.05, 0.1) is 13.0 Å². The van der Waals surface area contributed by atoms with Gasteiger partial charge in [-0.1, -0.05) is 25.0 Å². The first-order valence-electron chi connectivity index (χ1n) is 9.37. The maximum atomic E-state index is 12.5. The minimum Gasteiger partial charge on any atom is -0.497 e.